The fourth-order valence-corrected chi connectivity index (χ4v) is 2.18. The number of anilines is 1. The molecule has 5 heteroatoms. The Hall–Kier alpha value is -1.90. The predicted molar refractivity (Wildman–Crippen MR) is 78.8 cm³/mol. The molecule has 0 bridgehead atoms. The van der Waals surface area contributed by atoms with Crippen LogP contribution in [0.2, 0.25) is 0 Å². The SMILES string of the molecule is CC(OCC1CCCCO1)C(=O)Nc1cccc(C#N)c1. The highest BCUT2D eigenvalue weighted by atomic mass is 16.5. The molecule has 1 fully saturated rings. The number of ether oxygens (including phenoxy) is 2. The first-order chi connectivity index (χ1) is 10.2. The summed E-state index contributed by atoms with van der Waals surface area (Å²) < 4.78 is 11.1. The standard InChI is InChI=1S/C16H20N2O3/c1-12(21-11-15-7-2-3-8-20-15)16(19)18-14-6-4-5-13(9-14)10-17/h4-6,9,12,15H,2-3,7-8,11H2,1H3,(H,18,19). The molecule has 2 atom stereocenters. The van der Waals surface area contributed by atoms with E-state index in [1.807, 2.05) is 6.07 Å². The molecular weight excluding hydrogens is 268 g/mol. The van der Waals surface area contributed by atoms with E-state index in [9.17, 15) is 4.79 Å². The number of rotatable bonds is 5. The van der Waals surface area contributed by atoms with Crippen LogP contribution in [0.5, 0.6) is 0 Å². The molecule has 1 amide bonds. The highest BCUT2D eigenvalue weighted by Gasteiger charge is 2.19. The first-order valence-corrected chi connectivity index (χ1v) is 7.23. The zero-order valence-corrected chi connectivity index (χ0v) is 12.2. The molecule has 1 saturated heterocycles. The zero-order chi connectivity index (χ0) is 15.1. The molecule has 0 aromatic heterocycles. The van der Waals surface area contributed by atoms with Gasteiger partial charge >= 0.3 is 0 Å². The molecule has 2 unspecified atom stereocenters. The minimum Gasteiger partial charge on any atom is -0.376 e. The molecule has 2 rings (SSSR count). The number of hydrogen-bond donors (Lipinski definition) is 1. The summed E-state index contributed by atoms with van der Waals surface area (Å²) in [5.41, 5.74) is 1.11. The van der Waals surface area contributed by atoms with E-state index in [1.165, 1.54) is 0 Å². The molecule has 1 aliphatic rings. The number of amides is 1. The fourth-order valence-electron chi connectivity index (χ4n) is 2.18. The summed E-state index contributed by atoms with van der Waals surface area (Å²) in [6.45, 7) is 2.93. The molecule has 0 radical (unpaired) electrons. The molecule has 0 saturated carbocycles. The molecular formula is C16H20N2O3. The number of benzene rings is 1. The van der Waals surface area contributed by atoms with Crippen LogP contribution in [-0.4, -0.2) is 31.3 Å². The van der Waals surface area contributed by atoms with E-state index < -0.39 is 6.10 Å². The zero-order valence-electron chi connectivity index (χ0n) is 12.2. The Morgan fingerprint density at radius 3 is 3.14 bits per heavy atom. The molecule has 1 aromatic rings. The normalized spacial score (nSPS) is 19.5. The van der Waals surface area contributed by atoms with Crippen LogP contribution in [0.1, 0.15) is 31.7 Å². The smallest absolute Gasteiger partial charge is 0.253 e. The Morgan fingerprint density at radius 1 is 1.57 bits per heavy atom. The Kier molecular flexibility index (Phi) is 5.73. The van der Waals surface area contributed by atoms with Crippen LogP contribution in [0.3, 0.4) is 0 Å². The lowest BCUT2D eigenvalue weighted by Crippen LogP contribution is -2.32. The van der Waals surface area contributed by atoms with E-state index in [2.05, 4.69) is 5.32 Å². The molecule has 1 heterocycles. The maximum absolute atomic E-state index is 12.0. The molecule has 1 aromatic carbocycles. The lowest BCUT2D eigenvalue weighted by atomic mass is 10.1. The van der Waals surface area contributed by atoms with E-state index >= 15 is 0 Å². The van der Waals surface area contributed by atoms with Gasteiger partial charge in [0.15, 0.2) is 0 Å². The molecule has 21 heavy (non-hydrogen) atoms. The fraction of sp³-hybridized carbons (Fsp3) is 0.500. The molecule has 112 valence electrons. The summed E-state index contributed by atoms with van der Waals surface area (Å²) in [5.74, 6) is -0.221. The van der Waals surface area contributed by atoms with E-state index in [-0.39, 0.29) is 12.0 Å². The molecule has 1 aliphatic heterocycles. The van der Waals surface area contributed by atoms with Crippen molar-refractivity contribution in [1.82, 2.24) is 0 Å². The first kappa shape index (κ1) is 15.5. The third-order valence-electron chi connectivity index (χ3n) is 3.43. The van der Waals surface area contributed by atoms with Gasteiger partial charge in [0.1, 0.15) is 6.10 Å². The average Bonchev–Trinajstić information content (AvgIpc) is 2.53. The van der Waals surface area contributed by atoms with Crippen molar-refractivity contribution in [3.63, 3.8) is 0 Å². The average molecular weight is 288 g/mol. The maximum atomic E-state index is 12.0. The monoisotopic (exact) mass is 288 g/mol. The number of hydrogen-bond acceptors (Lipinski definition) is 4. The van der Waals surface area contributed by atoms with Crippen LogP contribution in [0, 0.1) is 11.3 Å². The number of carbonyl (C=O) groups excluding carboxylic acids is 1. The Bertz CT molecular complexity index is 518. The van der Waals surface area contributed by atoms with Gasteiger partial charge in [0.2, 0.25) is 0 Å². The highest BCUT2D eigenvalue weighted by Crippen LogP contribution is 2.14. The lowest BCUT2D eigenvalue weighted by molar-refractivity contribution is -0.130. The summed E-state index contributed by atoms with van der Waals surface area (Å²) in [5, 5.41) is 11.6. The van der Waals surface area contributed by atoms with Gasteiger partial charge in [0, 0.05) is 12.3 Å². The van der Waals surface area contributed by atoms with Crippen LogP contribution >= 0.6 is 0 Å². The minimum atomic E-state index is -0.554. The van der Waals surface area contributed by atoms with Crippen molar-refractivity contribution in [2.75, 3.05) is 18.5 Å². The third kappa shape index (κ3) is 4.85. The lowest BCUT2D eigenvalue weighted by Gasteiger charge is -2.23. The second kappa shape index (κ2) is 7.77. The topological polar surface area (TPSA) is 71.3 Å². The Morgan fingerprint density at radius 2 is 2.43 bits per heavy atom. The third-order valence-corrected chi connectivity index (χ3v) is 3.43. The van der Waals surface area contributed by atoms with Gasteiger partial charge in [-0.15, -0.1) is 0 Å². The molecule has 1 N–H and O–H groups in total. The second-order valence-electron chi connectivity index (χ2n) is 5.15. The quantitative estimate of drug-likeness (QED) is 0.903. The van der Waals surface area contributed by atoms with Gasteiger partial charge in [-0.25, -0.2) is 0 Å². The summed E-state index contributed by atoms with van der Waals surface area (Å²) in [7, 11) is 0. The van der Waals surface area contributed by atoms with Gasteiger partial charge in [-0.1, -0.05) is 6.07 Å². The van der Waals surface area contributed by atoms with Gasteiger partial charge in [-0.05, 0) is 44.4 Å². The largest absolute Gasteiger partial charge is 0.376 e. The summed E-state index contributed by atoms with van der Waals surface area (Å²) >= 11 is 0. The number of nitriles is 1. The van der Waals surface area contributed by atoms with Gasteiger partial charge in [-0.2, -0.15) is 5.26 Å². The predicted octanol–water partition coefficient (Wildman–Crippen LogP) is 2.47. The van der Waals surface area contributed by atoms with Gasteiger partial charge in [0.25, 0.3) is 5.91 Å². The van der Waals surface area contributed by atoms with Crippen molar-refractivity contribution >= 4 is 11.6 Å². The summed E-state index contributed by atoms with van der Waals surface area (Å²) in [6.07, 6.45) is 2.77. The van der Waals surface area contributed by atoms with E-state index in [0.717, 1.165) is 25.9 Å². The van der Waals surface area contributed by atoms with Crippen molar-refractivity contribution in [1.29, 1.82) is 5.26 Å². The molecule has 5 nitrogen and oxygen atoms in total. The number of carbonyl (C=O) groups is 1. The Labute approximate surface area is 124 Å². The second-order valence-corrected chi connectivity index (χ2v) is 5.15. The molecule has 0 spiro atoms. The van der Waals surface area contributed by atoms with Crippen LogP contribution in [0.25, 0.3) is 0 Å². The van der Waals surface area contributed by atoms with Crippen molar-refractivity contribution in [2.45, 2.75) is 38.4 Å². The van der Waals surface area contributed by atoms with Gasteiger partial charge in [-0.3, -0.25) is 4.79 Å². The molecule has 0 aliphatic carbocycles. The minimum absolute atomic E-state index is 0.0934. The van der Waals surface area contributed by atoms with Crippen LogP contribution in [0.15, 0.2) is 24.3 Å². The van der Waals surface area contributed by atoms with E-state index in [4.69, 9.17) is 14.7 Å². The van der Waals surface area contributed by atoms with Crippen LogP contribution in [-0.2, 0) is 14.3 Å². The highest BCUT2D eigenvalue weighted by molar-refractivity contribution is 5.94. The van der Waals surface area contributed by atoms with E-state index in [0.29, 0.717) is 17.9 Å². The van der Waals surface area contributed by atoms with Crippen molar-refractivity contribution in [3.05, 3.63) is 29.8 Å². The van der Waals surface area contributed by atoms with Crippen molar-refractivity contribution < 1.29 is 14.3 Å². The number of nitrogens with one attached hydrogen (secondary N) is 1. The van der Waals surface area contributed by atoms with Crippen LogP contribution < -0.4 is 5.32 Å². The van der Waals surface area contributed by atoms with E-state index in [1.54, 1.807) is 31.2 Å². The first-order valence-electron chi connectivity index (χ1n) is 7.23. The number of nitrogens with zero attached hydrogens (tertiary/aromatic N) is 1. The van der Waals surface area contributed by atoms with Crippen molar-refractivity contribution in [3.8, 4) is 6.07 Å². The van der Waals surface area contributed by atoms with Crippen molar-refractivity contribution in [2.24, 2.45) is 0 Å². The summed E-state index contributed by atoms with van der Waals surface area (Å²) in [6, 6.07) is 8.84. The summed E-state index contributed by atoms with van der Waals surface area (Å²) in [4.78, 5) is 12.0. The Balaban J connectivity index is 1.80. The van der Waals surface area contributed by atoms with Gasteiger partial charge in [0.05, 0.1) is 24.3 Å². The van der Waals surface area contributed by atoms with Gasteiger partial charge < -0.3 is 14.8 Å². The van der Waals surface area contributed by atoms with Crippen LogP contribution in [0.4, 0.5) is 5.69 Å². The maximum Gasteiger partial charge on any atom is 0.253 e.